The second kappa shape index (κ2) is 5.05. The molecule has 1 aromatic carbocycles. The molecule has 1 aliphatic heterocycles. The normalized spacial score (nSPS) is 17.8. The van der Waals surface area contributed by atoms with Crippen molar-refractivity contribution >= 4 is 5.69 Å². The lowest BCUT2D eigenvalue weighted by atomic mass is 10.0. The Morgan fingerprint density at radius 1 is 1.24 bits per heavy atom. The first-order chi connectivity index (χ1) is 8.08. The number of nitrogens with zero attached hydrogens (tertiary/aromatic N) is 2. The topological polar surface area (TPSA) is 6.48 Å². The van der Waals surface area contributed by atoms with E-state index in [4.69, 9.17) is 0 Å². The Bertz CT molecular complexity index is 382. The standard InChI is InChI=1S/C14H21FN2/c1-11-4-5-14(13(15)10-11)17-8-6-12(7-9-17)16(2)3/h4-5,10,12H,6-9H2,1-3H3. The van der Waals surface area contributed by atoms with E-state index in [2.05, 4.69) is 23.9 Å². The summed E-state index contributed by atoms with van der Waals surface area (Å²) in [6, 6.07) is 6.14. The number of aryl methyl sites for hydroxylation is 1. The number of halogens is 1. The highest BCUT2D eigenvalue weighted by molar-refractivity contribution is 5.49. The molecule has 1 fully saturated rings. The molecule has 1 saturated heterocycles. The van der Waals surface area contributed by atoms with Gasteiger partial charge in [-0.05, 0) is 51.6 Å². The van der Waals surface area contributed by atoms with Crippen molar-refractivity contribution in [2.75, 3.05) is 32.1 Å². The van der Waals surface area contributed by atoms with Crippen LogP contribution in [0, 0.1) is 12.7 Å². The van der Waals surface area contributed by atoms with E-state index in [1.54, 1.807) is 6.07 Å². The molecule has 0 N–H and O–H groups in total. The summed E-state index contributed by atoms with van der Waals surface area (Å²) in [5.41, 5.74) is 1.74. The Labute approximate surface area is 103 Å². The number of rotatable bonds is 2. The zero-order valence-corrected chi connectivity index (χ0v) is 10.9. The first kappa shape index (κ1) is 12.4. The van der Waals surface area contributed by atoms with Gasteiger partial charge in [0.1, 0.15) is 5.82 Å². The Hall–Kier alpha value is -1.09. The molecule has 0 aromatic heterocycles. The molecule has 0 bridgehead atoms. The zero-order chi connectivity index (χ0) is 12.4. The van der Waals surface area contributed by atoms with Gasteiger partial charge in [0.2, 0.25) is 0 Å². The molecule has 1 aliphatic rings. The van der Waals surface area contributed by atoms with Crippen LogP contribution in [0.2, 0.25) is 0 Å². The van der Waals surface area contributed by atoms with E-state index >= 15 is 0 Å². The minimum Gasteiger partial charge on any atom is -0.369 e. The van der Waals surface area contributed by atoms with Gasteiger partial charge in [0.05, 0.1) is 5.69 Å². The van der Waals surface area contributed by atoms with Crippen LogP contribution in [0.1, 0.15) is 18.4 Å². The van der Waals surface area contributed by atoms with E-state index in [0.29, 0.717) is 6.04 Å². The lowest BCUT2D eigenvalue weighted by Gasteiger charge is -2.36. The maximum Gasteiger partial charge on any atom is 0.146 e. The highest BCUT2D eigenvalue weighted by Gasteiger charge is 2.22. The first-order valence-electron chi connectivity index (χ1n) is 6.25. The van der Waals surface area contributed by atoms with Gasteiger partial charge in [-0.1, -0.05) is 6.07 Å². The van der Waals surface area contributed by atoms with Gasteiger partial charge in [0, 0.05) is 19.1 Å². The Kier molecular flexibility index (Phi) is 3.67. The molecule has 94 valence electrons. The van der Waals surface area contributed by atoms with Crippen molar-refractivity contribution in [3.63, 3.8) is 0 Å². The molecule has 3 heteroatoms. The first-order valence-corrected chi connectivity index (χ1v) is 6.25. The van der Waals surface area contributed by atoms with Crippen LogP contribution in [0.4, 0.5) is 10.1 Å². The average Bonchev–Trinajstić information content (AvgIpc) is 2.29. The summed E-state index contributed by atoms with van der Waals surface area (Å²) in [6.07, 6.45) is 2.22. The third-order valence-corrected chi connectivity index (χ3v) is 3.64. The van der Waals surface area contributed by atoms with Crippen LogP contribution in [0.15, 0.2) is 18.2 Å². The highest BCUT2D eigenvalue weighted by atomic mass is 19.1. The van der Waals surface area contributed by atoms with Gasteiger partial charge in [-0.25, -0.2) is 4.39 Å². The Morgan fingerprint density at radius 3 is 2.41 bits per heavy atom. The van der Waals surface area contributed by atoms with Crippen LogP contribution >= 0.6 is 0 Å². The van der Waals surface area contributed by atoms with E-state index in [-0.39, 0.29) is 5.82 Å². The van der Waals surface area contributed by atoms with Crippen LogP contribution < -0.4 is 4.90 Å². The summed E-state index contributed by atoms with van der Waals surface area (Å²) in [4.78, 5) is 4.43. The van der Waals surface area contributed by atoms with Gasteiger partial charge in [-0.3, -0.25) is 0 Å². The molecule has 1 aromatic rings. The smallest absolute Gasteiger partial charge is 0.146 e. The van der Waals surface area contributed by atoms with E-state index in [1.807, 2.05) is 19.1 Å². The van der Waals surface area contributed by atoms with Crippen LogP contribution in [0.3, 0.4) is 0 Å². The molecule has 17 heavy (non-hydrogen) atoms. The van der Waals surface area contributed by atoms with E-state index < -0.39 is 0 Å². The van der Waals surface area contributed by atoms with Crippen molar-refractivity contribution in [2.45, 2.75) is 25.8 Å². The van der Waals surface area contributed by atoms with E-state index in [0.717, 1.165) is 37.2 Å². The summed E-state index contributed by atoms with van der Waals surface area (Å²) >= 11 is 0. The van der Waals surface area contributed by atoms with Gasteiger partial charge >= 0.3 is 0 Å². The van der Waals surface area contributed by atoms with E-state index in [1.165, 1.54) is 0 Å². The van der Waals surface area contributed by atoms with Crippen molar-refractivity contribution in [1.82, 2.24) is 4.90 Å². The maximum absolute atomic E-state index is 13.8. The lowest BCUT2D eigenvalue weighted by Crippen LogP contribution is -2.42. The molecular weight excluding hydrogens is 215 g/mol. The van der Waals surface area contributed by atoms with Crippen molar-refractivity contribution in [3.05, 3.63) is 29.6 Å². The van der Waals surface area contributed by atoms with Gasteiger partial charge < -0.3 is 9.80 Å². The number of hydrogen-bond donors (Lipinski definition) is 0. The van der Waals surface area contributed by atoms with Gasteiger partial charge in [0.25, 0.3) is 0 Å². The molecule has 2 nitrogen and oxygen atoms in total. The summed E-state index contributed by atoms with van der Waals surface area (Å²) in [6.45, 7) is 3.82. The molecule has 0 radical (unpaired) electrons. The Balaban J connectivity index is 2.05. The van der Waals surface area contributed by atoms with Crippen molar-refractivity contribution in [2.24, 2.45) is 0 Å². The third kappa shape index (κ3) is 2.78. The fourth-order valence-corrected chi connectivity index (χ4v) is 2.49. The molecule has 1 heterocycles. The molecule has 0 atom stereocenters. The fraction of sp³-hybridized carbons (Fsp3) is 0.571. The van der Waals surface area contributed by atoms with Crippen LogP contribution in [-0.4, -0.2) is 38.1 Å². The minimum absolute atomic E-state index is 0.0895. The molecule has 2 rings (SSSR count). The highest BCUT2D eigenvalue weighted by Crippen LogP contribution is 2.25. The minimum atomic E-state index is -0.0895. The summed E-state index contributed by atoms with van der Waals surface area (Å²) in [5, 5.41) is 0. The van der Waals surface area contributed by atoms with Crippen LogP contribution in [0.5, 0.6) is 0 Å². The maximum atomic E-state index is 13.8. The predicted octanol–water partition coefficient (Wildman–Crippen LogP) is 2.66. The molecular formula is C14H21FN2. The average molecular weight is 236 g/mol. The van der Waals surface area contributed by atoms with Crippen LogP contribution in [0.25, 0.3) is 0 Å². The second-order valence-corrected chi connectivity index (χ2v) is 5.14. The third-order valence-electron chi connectivity index (χ3n) is 3.64. The molecule has 0 saturated carbocycles. The predicted molar refractivity (Wildman–Crippen MR) is 70.1 cm³/mol. The number of benzene rings is 1. The lowest BCUT2D eigenvalue weighted by molar-refractivity contribution is 0.249. The van der Waals surface area contributed by atoms with Gasteiger partial charge in [-0.2, -0.15) is 0 Å². The van der Waals surface area contributed by atoms with Gasteiger partial charge in [-0.15, -0.1) is 0 Å². The monoisotopic (exact) mass is 236 g/mol. The molecule has 0 spiro atoms. The molecule has 0 unspecified atom stereocenters. The number of piperidine rings is 1. The largest absolute Gasteiger partial charge is 0.369 e. The summed E-state index contributed by atoms with van der Waals surface area (Å²) in [7, 11) is 4.24. The van der Waals surface area contributed by atoms with Crippen molar-refractivity contribution in [1.29, 1.82) is 0 Å². The van der Waals surface area contributed by atoms with E-state index in [9.17, 15) is 4.39 Å². The summed E-state index contributed by atoms with van der Waals surface area (Å²) in [5.74, 6) is -0.0895. The fourth-order valence-electron chi connectivity index (χ4n) is 2.49. The van der Waals surface area contributed by atoms with Crippen molar-refractivity contribution in [3.8, 4) is 0 Å². The second-order valence-electron chi connectivity index (χ2n) is 5.14. The number of hydrogen-bond acceptors (Lipinski definition) is 2. The summed E-state index contributed by atoms with van der Waals surface area (Å²) < 4.78 is 13.8. The van der Waals surface area contributed by atoms with Gasteiger partial charge in [0.15, 0.2) is 0 Å². The number of anilines is 1. The molecule has 0 amide bonds. The van der Waals surface area contributed by atoms with Crippen LogP contribution in [-0.2, 0) is 0 Å². The Morgan fingerprint density at radius 2 is 1.88 bits per heavy atom. The zero-order valence-electron chi connectivity index (χ0n) is 10.9. The quantitative estimate of drug-likeness (QED) is 0.779. The molecule has 0 aliphatic carbocycles. The SMILES string of the molecule is Cc1ccc(N2CCC(N(C)C)CC2)c(F)c1. The van der Waals surface area contributed by atoms with Crippen molar-refractivity contribution < 1.29 is 4.39 Å².